The Bertz CT molecular complexity index is 1820. The molecule has 1 aromatic heterocycles. The number of carbonyl (C=O) groups excluding carboxylic acids is 1. The van der Waals surface area contributed by atoms with Gasteiger partial charge in [-0.2, -0.15) is 5.10 Å². The maximum absolute atomic E-state index is 12.9. The molecule has 4 aromatic carbocycles. The summed E-state index contributed by atoms with van der Waals surface area (Å²) >= 11 is 7.28. The molecular formula is C36H36ClN5O4S. The lowest BCUT2D eigenvalue weighted by Gasteiger charge is -2.18. The van der Waals surface area contributed by atoms with Gasteiger partial charge in [-0.25, -0.2) is 5.43 Å². The molecule has 0 saturated heterocycles. The van der Waals surface area contributed by atoms with E-state index in [0.717, 1.165) is 41.0 Å². The highest BCUT2D eigenvalue weighted by atomic mass is 35.5. The number of hydrogen-bond acceptors (Lipinski definition) is 8. The van der Waals surface area contributed by atoms with E-state index in [-0.39, 0.29) is 11.7 Å². The maximum Gasteiger partial charge on any atom is 0.250 e. The second kappa shape index (κ2) is 16.2. The van der Waals surface area contributed by atoms with Crippen molar-refractivity contribution in [1.82, 2.24) is 20.2 Å². The summed E-state index contributed by atoms with van der Waals surface area (Å²) in [5.41, 5.74) is 8.62. The molecule has 1 heterocycles. The number of benzene rings is 4. The van der Waals surface area contributed by atoms with Crippen molar-refractivity contribution in [3.05, 3.63) is 112 Å². The van der Waals surface area contributed by atoms with Crippen molar-refractivity contribution >= 4 is 35.5 Å². The normalized spacial score (nSPS) is 11.1. The predicted molar refractivity (Wildman–Crippen MR) is 187 cm³/mol. The first kappa shape index (κ1) is 33.6. The molecule has 0 bridgehead atoms. The molecule has 5 aromatic rings. The van der Waals surface area contributed by atoms with Crippen LogP contribution in [0, 0.1) is 0 Å². The van der Waals surface area contributed by atoms with Crippen LogP contribution in [0.1, 0.15) is 36.1 Å². The highest BCUT2D eigenvalue weighted by molar-refractivity contribution is 7.99. The number of nitrogens with one attached hydrogen (secondary N) is 1. The summed E-state index contributed by atoms with van der Waals surface area (Å²) in [7, 11) is 3.21. The van der Waals surface area contributed by atoms with E-state index in [9.17, 15) is 4.79 Å². The van der Waals surface area contributed by atoms with Gasteiger partial charge in [0, 0.05) is 10.6 Å². The van der Waals surface area contributed by atoms with Gasteiger partial charge >= 0.3 is 0 Å². The molecule has 0 fully saturated rings. The lowest BCUT2D eigenvalue weighted by atomic mass is 10.0. The predicted octanol–water partition coefficient (Wildman–Crippen LogP) is 7.55. The number of hydrogen-bond donors (Lipinski definition) is 1. The Kier molecular flexibility index (Phi) is 11.5. The van der Waals surface area contributed by atoms with Gasteiger partial charge < -0.3 is 14.2 Å². The fourth-order valence-corrected chi connectivity index (χ4v) is 5.82. The molecule has 242 valence electrons. The number of para-hydroxylation sites is 1. The molecule has 0 radical (unpaired) electrons. The molecule has 0 spiro atoms. The number of aryl methyl sites for hydroxylation is 2. The van der Waals surface area contributed by atoms with Gasteiger partial charge in [0.05, 0.1) is 31.9 Å². The Balaban J connectivity index is 1.28. The number of nitrogens with zero attached hydrogens (tertiary/aromatic N) is 4. The molecule has 0 atom stereocenters. The second-order valence-electron chi connectivity index (χ2n) is 10.4. The van der Waals surface area contributed by atoms with Crippen molar-refractivity contribution < 1.29 is 19.0 Å². The van der Waals surface area contributed by atoms with E-state index in [1.165, 1.54) is 22.9 Å². The molecule has 0 aliphatic carbocycles. The van der Waals surface area contributed by atoms with E-state index >= 15 is 0 Å². The third-order valence-electron chi connectivity index (χ3n) is 7.40. The monoisotopic (exact) mass is 669 g/mol. The topological polar surface area (TPSA) is 99.9 Å². The number of carbonyl (C=O) groups is 1. The Morgan fingerprint density at radius 1 is 0.915 bits per heavy atom. The smallest absolute Gasteiger partial charge is 0.250 e. The summed E-state index contributed by atoms with van der Waals surface area (Å²) < 4.78 is 18.9. The summed E-state index contributed by atoms with van der Waals surface area (Å²) in [5, 5.41) is 14.5. The average molecular weight is 670 g/mol. The standard InChI is InChI=1S/C36H36ClN5O4S/c1-5-26-8-7-9-27(6-2)34(26)42-35(28-13-17-30(44-3)18-14-28)40-41-36(42)47-23-33(43)39-38-21-25-12-19-31(32(20-25)45-4)46-22-24-10-15-29(37)16-11-24/h7-21H,5-6,22-23H2,1-4H3,(H,39,43)/b38-21+. The molecule has 11 heteroatoms. The zero-order valence-corrected chi connectivity index (χ0v) is 28.3. The number of thioether (sulfide) groups is 1. The number of rotatable bonds is 14. The van der Waals surface area contributed by atoms with Crippen LogP contribution < -0.4 is 19.6 Å². The number of aromatic nitrogens is 3. The van der Waals surface area contributed by atoms with Crippen LogP contribution in [-0.2, 0) is 24.2 Å². The van der Waals surface area contributed by atoms with Gasteiger partial charge in [0.2, 0.25) is 0 Å². The maximum atomic E-state index is 12.9. The van der Waals surface area contributed by atoms with Crippen LogP contribution >= 0.6 is 23.4 Å². The van der Waals surface area contributed by atoms with Crippen LogP contribution in [0.15, 0.2) is 95.2 Å². The lowest BCUT2D eigenvalue weighted by Crippen LogP contribution is -2.20. The number of methoxy groups -OCH3 is 2. The van der Waals surface area contributed by atoms with Gasteiger partial charge in [-0.1, -0.05) is 67.5 Å². The van der Waals surface area contributed by atoms with Gasteiger partial charge in [0.25, 0.3) is 5.91 Å². The molecule has 9 nitrogen and oxygen atoms in total. The van der Waals surface area contributed by atoms with Crippen molar-refractivity contribution in [1.29, 1.82) is 0 Å². The van der Waals surface area contributed by atoms with Crippen molar-refractivity contribution in [3.8, 4) is 34.3 Å². The van der Waals surface area contributed by atoms with Crippen LogP contribution in [0.3, 0.4) is 0 Å². The second-order valence-corrected chi connectivity index (χ2v) is 11.8. The molecule has 0 aliphatic heterocycles. The molecule has 0 unspecified atom stereocenters. The third-order valence-corrected chi connectivity index (χ3v) is 8.58. The van der Waals surface area contributed by atoms with Gasteiger partial charge in [0.15, 0.2) is 22.5 Å². The molecule has 1 amide bonds. The molecule has 1 N–H and O–H groups in total. The first-order chi connectivity index (χ1) is 22.9. The van der Waals surface area contributed by atoms with Gasteiger partial charge in [-0.15, -0.1) is 10.2 Å². The Morgan fingerprint density at radius 2 is 1.64 bits per heavy atom. The summed E-state index contributed by atoms with van der Waals surface area (Å²) in [6.45, 7) is 4.63. The first-order valence-electron chi connectivity index (χ1n) is 15.1. The van der Waals surface area contributed by atoms with Crippen LogP contribution in [-0.4, -0.2) is 46.9 Å². The molecule has 0 aliphatic rings. The Labute approximate surface area is 283 Å². The average Bonchev–Trinajstić information content (AvgIpc) is 3.53. The van der Waals surface area contributed by atoms with Gasteiger partial charge in [-0.3, -0.25) is 9.36 Å². The number of halogens is 1. The highest BCUT2D eigenvalue weighted by Gasteiger charge is 2.21. The number of hydrazone groups is 1. The molecular weight excluding hydrogens is 634 g/mol. The van der Waals surface area contributed by atoms with E-state index in [1.54, 1.807) is 32.6 Å². The minimum absolute atomic E-state index is 0.0919. The van der Waals surface area contributed by atoms with Crippen LogP contribution in [0.25, 0.3) is 17.1 Å². The first-order valence-corrected chi connectivity index (χ1v) is 16.5. The fourth-order valence-electron chi connectivity index (χ4n) is 4.96. The van der Waals surface area contributed by atoms with E-state index in [0.29, 0.717) is 34.1 Å². The number of ether oxygens (including phenoxy) is 3. The van der Waals surface area contributed by atoms with E-state index in [2.05, 4.69) is 57.3 Å². The minimum Gasteiger partial charge on any atom is -0.497 e. The zero-order valence-electron chi connectivity index (χ0n) is 26.7. The van der Waals surface area contributed by atoms with E-state index in [4.69, 9.17) is 25.8 Å². The molecule has 5 rings (SSSR count). The largest absolute Gasteiger partial charge is 0.497 e. The summed E-state index contributed by atoms with van der Waals surface area (Å²) in [4.78, 5) is 12.9. The van der Waals surface area contributed by atoms with Crippen molar-refractivity contribution in [2.45, 2.75) is 38.5 Å². The minimum atomic E-state index is -0.277. The number of amides is 1. The molecule has 47 heavy (non-hydrogen) atoms. The summed E-state index contributed by atoms with van der Waals surface area (Å²) in [6.07, 6.45) is 3.23. The quantitative estimate of drug-likeness (QED) is 0.0740. The van der Waals surface area contributed by atoms with Crippen molar-refractivity contribution in [2.75, 3.05) is 20.0 Å². The lowest BCUT2D eigenvalue weighted by molar-refractivity contribution is -0.118. The van der Waals surface area contributed by atoms with Crippen molar-refractivity contribution in [3.63, 3.8) is 0 Å². The SMILES string of the molecule is CCc1cccc(CC)c1-n1c(SCC(=O)N/N=C/c2ccc(OCc3ccc(Cl)cc3)c(OC)c2)nnc1-c1ccc(OC)cc1. The molecule has 0 saturated carbocycles. The van der Waals surface area contributed by atoms with Crippen LogP contribution in [0.2, 0.25) is 5.02 Å². The van der Waals surface area contributed by atoms with E-state index in [1.807, 2.05) is 54.6 Å². The van der Waals surface area contributed by atoms with Crippen molar-refractivity contribution in [2.24, 2.45) is 5.10 Å². The Morgan fingerprint density at radius 3 is 2.30 bits per heavy atom. The highest BCUT2D eigenvalue weighted by Crippen LogP contribution is 2.33. The fraction of sp³-hybridized carbons (Fsp3) is 0.222. The Hall–Kier alpha value is -4.80. The van der Waals surface area contributed by atoms with Crippen LogP contribution in [0.5, 0.6) is 17.2 Å². The van der Waals surface area contributed by atoms with Gasteiger partial charge in [0.1, 0.15) is 12.4 Å². The zero-order chi connectivity index (χ0) is 33.2. The summed E-state index contributed by atoms with van der Waals surface area (Å²) in [6, 6.07) is 26.9. The van der Waals surface area contributed by atoms with Crippen LogP contribution in [0.4, 0.5) is 0 Å². The third kappa shape index (κ3) is 8.33. The summed E-state index contributed by atoms with van der Waals surface area (Å²) in [5.74, 6) is 2.41. The van der Waals surface area contributed by atoms with E-state index < -0.39 is 0 Å². The van der Waals surface area contributed by atoms with Gasteiger partial charge in [-0.05, 0) is 89.7 Å².